The molecule has 4 heterocycles. The van der Waals surface area contributed by atoms with Crippen molar-refractivity contribution < 1.29 is 0 Å². The molecular formula is C51H31N5S. The summed E-state index contributed by atoms with van der Waals surface area (Å²) in [7, 11) is 0. The highest BCUT2D eigenvalue weighted by atomic mass is 32.1. The molecule has 0 radical (unpaired) electrons. The van der Waals surface area contributed by atoms with Gasteiger partial charge in [-0.05, 0) is 58.7 Å². The Hall–Kier alpha value is -7.41. The number of hydrogen-bond acceptors (Lipinski definition) is 4. The van der Waals surface area contributed by atoms with Crippen LogP contribution in [0.2, 0.25) is 0 Å². The zero-order chi connectivity index (χ0) is 37.5. The van der Waals surface area contributed by atoms with Gasteiger partial charge in [0.2, 0.25) is 11.9 Å². The van der Waals surface area contributed by atoms with E-state index in [0.717, 1.165) is 76.8 Å². The van der Waals surface area contributed by atoms with E-state index in [2.05, 4.69) is 197 Å². The molecule has 0 fully saturated rings. The summed E-state index contributed by atoms with van der Waals surface area (Å²) < 4.78 is 6.88. The average Bonchev–Trinajstić information content (AvgIpc) is 3.94. The second kappa shape index (κ2) is 12.6. The second-order valence-corrected chi connectivity index (χ2v) is 15.5. The molecule has 266 valence electrons. The molecule has 0 saturated carbocycles. The van der Waals surface area contributed by atoms with Gasteiger partial charge in [0.05, 0.1) is 22.1 Å². The van der Waals surface area contributed by atoms with Crippen molar-refractivity contribution in [2.45, 2.75) is 0 Å². The molecule has 12 aromatic rings. The monoisotopic (exact) mass is 745 g/mol. The molecular weight excluding hydrogens is 715 g/mol. The van der Waals surface area contributed by atoms with E-state index < -0.39 is 0 Å². The Morgan fingerprint density at radius 3 is 1.40 bits per heavy atom. The fourth-order valence-electron chi connectivity index (χ4n) is 8.63. The van der Waals surface area contributed by atoms with Crippen LogP contribution in [0.5, 0.6) is 0 Å². The predicted molar refractivity (Wildman–Crippen MR) is 238 cm³/mol. The van der Waals surface area contributed by atoms with Crippen LogP contribution in [0.4, 0.5) is 0 Å². The maximum atomic E-state index is 5.49. The van der Waals surface area contributed by atoms with Gasteiger partial charge >= 0.3 is 0 Å². The lowest BCUT2D eigenvalue weighted by molar-refractivity contribution is 0.893. The van der Waals surface area contributed by atoms with Crippen LogP contribution in [0.15, 0.2) is 188 Å². The third-order valence-electron chi connectivity index (χ3n) is 11.2. The van der Waals surface area contributed by atoms with E-state index in [1.54, 1.807) is 11.3 Å². The Bertz CT molecular complexity index is 3370. The van der Waals surface area contributed by atoms with Crippen molar-refractivity contribution in [1.29, 1.82) is 0 Å². The van der Waals surface area contributed by atoms with Crippen LogP contribution >= 0.6 is 11.3 Å². The van der Waals surface area contributed by atoms with E-state index >= 15 is 0 Å². The van der Waals surface area contributed by atoms with Crippen molar-refractivity contribution in [3.63, 3.8) is 0 Å². The normalized spacial score (nSPS) is 11.9. The zero-order valence-corrected chi connectivity index (χ0v) is 31.4. The number of hydrogen-bond donors (Lipinski definition) is 0. The molecule has 0 amide bonds. The van der Waals surface area contributed by atoms with E-state index in [0.29, 0.717) is 17.7 Å². The molecule has 5 nitrogen and oxygen atoms in total. The van der Waals surface area contributed by atoms with Gasteiger partial charge in [-0.15, -0.1) is 11.3 Å². The van der Waals surface area contributed by atoms with Crippen LogP contribution in [0.1, 0.15) is 0 Å². The molecule has 0 bridgehead atoms. The first-order valence-corrected chi connectivity index (χ1v) is 19.9. The molecule has 0 aliphatic heterocycles. The summed E-state index contributed by atoms with van der Waals surface area (Å²) in [6.45, 7) is 0. The predicted octanol–water partition coefficient (Wildman–Crippen LogP) is 13.4. The Kier molecular flexibility index (Phi) is 7.03. The second-order valence-electron chi connectivity index (χ2n) is 14.4. The maximum absolute atomic E-state index is 5.49. The van der Waals surface area contributed by atoms with E-state index in [-0.39, 0.29) is 0 Å². The zero-order valence-electron chi connectivity index (χ0n) is 30.5. The van der Waals surface area contributed by atoms with Crippen molar-refractivity contribution in [3.05, 3.63) is 188 Å². The first kappa shape index (κ1) is 31.9. The Morgan fingerprint density at radius 1 is 0.333 bits per heavy atom. The minimum Gasteiger partial charge on any atom is -0.278 e. The van der Waals surface area contributed by atoms with Crippen LogP contribution in [0.25, 0.3) is 109 Å². The lowest BCUT2D eigenvalue weighted by Gasteiger charge is -2.14. The van der Waals surface area contributed by atoms with Gasteiger partial charge in [0.25, 0.3) is 0 Å². The number of nitrogens with zero attached hydrogens (tertiary/aromatic N) is 5. The SMILES string of the molecule is c1ccc(-c2ccc3c4ccc(-c5ccccc5)cc4n(-c4nc(-c5cccc6sc7ccccc7c56)nc(-n5c6ccccc6c6ccccc65)n4)c3c2)cc1. The molecule has 0 N–H and O–H groups in total. The van der Waals surface area contributed by atoms with Gasteiger partial charge < -0.3 is 0 Å². The number of para-hydroxylation sites is 2. The fourth-order valence-corrected chi connectivity index (χ4v) is 9.76. The van der Waals surface area contributed by atoms with E-state index in [9.17, 15) is 0 Å². The summed E-state index contributed by atoms with van der Waals surface area (Å²) in [6.07, 6.45) is 0. The van der Waals surface area contributed by atoms with Crippen molar-refractivity contribution in [2.24, 2.45) is 0 Å². The molecule has 57 heavy (non-hydrogen) atoms. The van der Waals surface area contributed by atoms with Crippen molar-refractivity contribution in [2.75, 3.05) is 0 Å². The van der Waals surface area contributed by atoms with Gasteiger partial charge in [-0.1, -0.05) is 152 Å². The molecule has 0 unspecified atom stereocenters. The average molecular weight is 746 g/mol. The summed E-state index contributed by atoms with van der Waals surface area (Å²) in [5.74, 6) is 1.75. The topological polar surface area (TPSA) is 48.5 Å². The third-order valence-corrected chi connectivity index (χ3v) is 12.4. The van der Waals surface area contributed by atoms with Crippen LogP contribution in [0, 0.1) is 0 Å². The molecule has 12 rings (SSSR count). The van der Waals surface area contributed by atoms with Crippen LogP contribution in [-0.2, 0) is 0 Å². The number of aromatic nitrogens is 5. The number of thiophene rings is 1. The number of benzene rings is 8. The van der Waals surface area contributed by atoms with Gasteiger partial charge in [-0.3, -0.25) is 9.13 Å². The van der Waals surface area contributed by atoms with Gasteiger partial charge in [0.15, 0.2) is 5.82 Å². The summed E-state index contributed by atoms with van der Waals surface area (Å²) >= 11 is 1.80. The molecule has 0 atom stereocenters. The summed E-state index contributed by atoms with van der Waals surface area (Å²) in [5, 5.41) is 6.93. The van der Waals surface area contributed by atoms with Crippen LogP contribution in [-0.4, -0.2) is 24.1 Å². The maximum Gasteiger partial charge on any atom is 0.240 e. The van der Waals surface area contributed by atoms with Crippen LogP contribution < -0.4 is 0 Å². The Balaban J connectivity index is 1.22. The van der Waals surface area contributed by atoms with E-state index in [1.165, 1.54) is 14.8 Å². The molecule has 4 aromatic heterocycles. The molecule has 0 spiro atoms. The van der Waals surface area contributed by atoms with E-state index in [1.807, 2.05) is 0 Å². The minimum atomic E-state index is 0.559. The first-order chi connectivity index (χ1) is 28.3. The van der Waals surface area contributed by atoms with E-state index in [4.69, 9.17) is 15.0 Å². The molecule has 0 aliphatic rings. The highest BCUT2D eigenvalue weighted by molar-refractivity contribution is 7.25. The summed E-state index contributed by atoms with van der Waals surface area (Å²) in [6, 6.07) is 66.7. The quantitative estimate of drug-likeness (QED) is 0.176. The Labute approximate surface area is 331 Å². The highest BCUT2D eigenvalue weighted by Gasteiger charge is 2.23. The third kappa shape index (κ3) is 4.98. The van der Waals surface area contributed by atoms with Gasteiger partial charge in [0.1, 0.15) is 0 Å². The van der Waals surface area contributed by atoms with Gasteiger partial charge in [0, 0.05) is 47.3 Å². The highest BCUT2D eigenvalue weighted by Crippen LogP contribution is 2.41. The Morgan fingerprint density at radius 2 is 0.807 bits per heavy atom. The van der Waals surface area contributed by atoms with Crippen LogP contribution in [0.3, 0.4) is 0 Å². The number of rotatable bonds is 5. The van der Waals surface area contributed by atoms with Crippen molar-refractivity contribution >= 4 is 75.1 Å². The van der Waals surface area contributed by atoms with Gasteiger partial charge in [-0.2, -0.15) is 15.0 Å². The smallest absolute Gasteiger partial charge is 0.240 e. The minimum absolute atomic E-state index is 0.559. The molecule has 0 aliphatic carbocycles. The van der Waals surface area contributed by atoms with Crippen molar-refractivity contribution in [3.8, 4) is 45.5 Å². The first-order valence-electron chi connectivity index (χ1n) is 19.1. The standard InChI is InChI=1S/C51H31N5S/c1-3-14-32(15-4-1)34-26-28-38-39-29-27-35(33-16-5-2-6-17-33)31-45(39)56(44(38)30-34)51-53-49(41-21-13-25-47-48(41)40-20-9-12-24-46(40)57-47)52-50(54-51)55-42-22-10-7-18-36(42)37-19-8-11-23-43(37)55/h1-31H. The lowest BCUT2D eigenvalue weighted by atomic mass is 10.0. The summed E-state index contributed by atoms with van der Waals surface area (Å²) in [5.41, 5.74) is 9.68. The number of fused-ring (bicyclic) bond motifs is 9. The molecule has 6 heteroatoms. The summed E-state index contributed by atoms with van der Waals surface area (Å²) in [4.78, 5) is 16.4. The largest absolute Gasteiger partial charge is 0.278 e. The van der Waals surface area contributed by atoms with Crippen molar-refractivity contribution in [1.82, 2.24) is 24.1 Å². The molecule has 8 aromatic carbocycles. The van der Waals surface area contributed by atoms with Gasteiger partial charge in [-0.25, -0.2) is 0 Å². The fraction of sp³-hybridized carbons (Fsp3) is 0. The molecule has 0 saturated heterocycles. The lowest BCUT2D eigenvalue weighted by Crippen LogP contribution is -2.10.